The molecule has 1 saturated heterocycles. The van der Waals surface area contributed by atoms with Gasteiger partial charge in [-0.05, 0) is 17.7 Å². The molecule has 9 heteroatoms. The summed E-state index contributed by atoms with van der Waals surface area (Å²) in [5, 5.41) is 10.8. The summed E-state index contributed by atoms with van der Waals surface area (Å²) in [6.45, 7) is 0. The van der Waals surface area contributed by atoms with Crippen molar-refractivity contribution in [3.05, 3.63) is 71.5 Å². The fourth-order valence-corrected chi connectivity index (χ4v) is 3.70. The molecule has 2 aromatic rings. The molecular formula is C20H18F4N2O3. The number of carbonyl (C=O) groups excluding carboxylic acids is 2. The Balaban J connectivity index is 2.26. The van der Waals surface area contributed by atoms with E-state index in [0.29, 0.717) is 0 Å². The monoisotopic (exact) mass is 410 g/mol. The number of carbonyl (C=O) groups is 2. The molecule has 0 saturated carbocycles. The van der Waals surface area contributed by atoms with Crippen LogP contribution in [0.25, 0.3) is 0 Å². The highest BCUT2D eigenvalue weighted by atomic mass is 19.4. The van der Waals surface area contributed by atoms with Crippen LogP contribution in [-0.2, 0) is 0 Å². The number of nitrogens with zero attached hydrogens (tertiary/aromatic N) is 2. The van der Waals surface area contributed by atoms with Gasteiger partial charge in [-0.3, -0.25) is 9.69 Å². The first-order valence-electron chi connectivity index (χ1n) is 8.64. The molecule has 1 aliphatic heterocycles. The van der Waals surface area contributed by atoms with E-state index in [1.165, 1.54) is 43.4 Å². The molecule has 3 unspecified atom stereocenters. The van der Waals surface area contributed by atoms with E-state index in [4.69, 9.17) is 0 Å². The highest BCUT2D eigenvalue weighted by molar-refractivity contribution is 6.00. The van der Waals surface area contributed by atoms with Crippen LogP contribution in [0.15, 0.2) is 54.6 Å². The van der Waals surface area contributed by atoms with E-state index < -0.39 is 41.5 Å². The van der Waals surface area contributed by atoms with Crippen LogP contribution >= 0.6 is 0 Å². The minimum atomic E-state index is -5.33. The summed E-state index contributed by atoms with van der Waals surface area (Å²) in [4.78, 5) is 26.8. The fourth-order valence-electron chi connectivity index (χ4n) is 3.70. The summed E-state index contributed by atoms with van der Waals surface area (Å²) in [5.41, 5.74) is -3.72. The Morgan fingerprint density at radius 1 is 1.03 bits per heavy atom. The lowest BCUT2D eigenvalue weighted by molar-refractivity contribution is -0.328. The van der Waals surface area contributed by atoms with Crippen molar-refractivity contribution in [2.24, 2.45) is 5.92 Å². The van der Waals surface area contributed by atoms with E-state index in [1.54, 1.807) is 6.07 Å². The molecule has 3 atom stereocenters. The van der Waals surface area contributed by atoms with Crippen molar-refractivity contribution in [1.29, 1.82) is 0 Å². The van der Waals surface area contributed by atoms with Crippen LogP contribution in [0.2, 0.25) is 0 Å². The third-order valence-corrected chi connectivity index (χ3v) is 5.24. The van der Waals surface area contributed by atoms with Crippen LogP contribution in [0.3, 0.4) is 0 Å². The highest BCUT2D eigenvalue weighted by Gasteiger charge is 2.70. The van der Waals surface area contributed by atoms with Gasteiger partial charge in [0, 0.05) is 19.7 Å². The van der Waals surface area contributed by atoms with E-state index in [0.717, 1.165) is 24.1 Å². The number of ketones is 1. The van der Waals surface area contributed by atoms with Crippen LogP contribution in [0, 0.1) is 11.7 Å². The van der Waals surface area contributed by atoms with Gasteiger partial charge in [0.25, 0.3) is 5.72 Å². The molecule has 0 radical (unpaired) electrons. The molecule has 2 aromatic carbocycles. The predicted octanol–water partition coefficient (Wildman–Crippen LogP) is 3.61. The lowest BCUT2D eigenvalue weighted by Crippen LogP contribution is -2.73. The lowest BCUT2D eigenvalue weighted by atomic mass is 9.75. The first kappa shape index (κ1) is 20.8. The Morgan fingerprint density at radius 3 is 2.10 bits per heavy atom. The molecule has 0 aromatic heterocycles. The van der Waals surface area contributed by atoms with E-state index in [1.807, 2.05) is 0 Å². The minimum Gasteiger partial charge on any atom is -0.363 e. The van der Waals surface area contributed by atoms with Gasteiger partial charge < -0.3 is 10.0 Å². The Bertz CT molecular complexity index is 918. The molecule has 1 fully saturated rings. The molecule has 0 spiro atoms. The second-order valence-corrected chi connectivity index (χ2v) is 6.88. The summed E-state index contributed by atoms with van der Waals surface area (Å²) >= 11 is 0. The summed E-state index contributed by atoms with van der Waals surface area (Å²) in [6, 6.07) is 9.03. The number of benzene rings is 2. The van der Waals surface area contributed by atoms with Gasteiger partial charge >= 0.3 is 12.2 Å². The maximum atomic E-state index is 14.1. The van der Waals surface area contributed by atoms with Crippen molar-refractivity contribution in [3.63, 3.8) is 0 Å². The Morgan fingerprint density at radius 2 is 1.59 bits per heavy atom. The second-order valence-electron chi connectivity index (χ2n) is 6.88. The fraction of sp³-hybridized carbons (Fsp3) is 0.300. The zero-order chi connectivity index (χ0) is 21.6. The maximum Gasteiger partial charge on any atom is 0.437 e. The van der Waals surface area contributed by atoms with Gasteiger partial charge in [0.15, 0.2) is 5.78 Å². The van der Waals surface area contributed by atoms with E-state index in [9.17, 15) is 32.3 Å². The average Bonchev–Trinajstić information content (AvgIpc) is 2.69. The van der Waals surface area contributed by atoms with Crippen LogP contribution in [0.5, 0.6) is 0 Å². The predicted molar refractivity (Wildman–Crippen MR) is 95.3 cm³/mol. The van der Waals surface area contributed by atoms with Crippen molar-refractivity contribution in [1.82, 2.24) is 9.80 Å². The molecule has 0 bridgehead atoms. The van der Waals surface area contributed by atoms with Crippen molar-refractivity contribution < 1.29 is 32.3 Å². The summed E-state index contributed by atoms with van der Waals surface area (Å²) in [7, 11) is 2.02. The van der Waals surface area contributed by atoms with Gasteiger partial charge in [-0.2, -0.15) is 13.2 Å². The zero-order valence-corrected chi connectivity index (χ0v) is 15.5. The Kier molecular flexibility index (Phi) is 5.12. The average molecular weight is 410 g/mol. The van der Waals surface area contributed by atoms with Crippen molar-refractivity contribution in [2.75, 3.05) is 14.1 Å². The van der Waals surface area contributed by atoms with Crippen LogP contribution < -0.4 is 0 Å². The number of hydrogen-bond acceptors (Lipinski definition) is 3. The SMILES string of the molecule is CN1C(=O)N(C)C(O)(C(F)(F)F)C(C(=O)c2ccccc2)C1c1ccc(F)cc1. The Hall–Kier alpha value is -2.94. The van der Waals surface area contributed by atoms with Gasteiger partial charge in [0.2, 0.25) is 0 Å². The maximum absolute atomic E-state index is 14.1. The lowest BCUT2D eigenvalue weighted by Gasteiger charge is -2.53. The highest BCUT2D eigenvalue weighted by Crippen LogP contribution is 2.50. The minimum absolute atomic E-state index is 0.0524. The quantitative estimate of drug-likeness (QED) is 0.621. The molecule has 154 valence electrons. The molecule has 3 rings (SSSR count). The summed E-state index contributed by atoms with van der Waals surface area (Å²) < 4.78 is 55.6. The molecule has 1 N–H and O–H groups in total. The second kappa shape index (κ2) is 7.14. The third-order valence-electron chi connectivity index (χ3n) is 5.24. The van der Waals surface area contributed by atoms with Gasteiger partial charge in [-0.25, -0.2) is 9.18 Å². The van der Waals surface area contributed by atoms with Crippen LogP contribution in [-0.4, -0.2) is 52.7 Å². The van der Waals surface area contributed by atoms with Crippen molar-refractivity contribution in [2.45, 2.75) is 17.9 Å². The number of hydrogen-bond donors (Lipinski definition) is 1. The third kappa shape index (κ3) is 3.25. The molecule has 5 nitrogen and oxygen atoms in total. The number of aliphatic hydroxyl groups is 1. The number of halogens is 4. The zero-order valence-electron chi connectivity index (χ0n) is 15.5. The first-order valence-corrected chi connectivity index (χ1v) is 8.64. The van der Waals surface area contributed by atoms with E-state index >= 15 is 0 Å². The number of amides is 2. The Labute approximate surface area is 164 Å². The van der Waals surface area contributed by atoms with E-state index in [2.05, 4.69) is 0 Å². The summed E-state index contributed by atoms with van der Waals surface area (Å²) in [5.74, 6) is -3.73. The van der Waals surface area contributed by atoms with Gasteiger partial charge in [-0.15, -0.1) is 0 Å². The smallest absolute Gasteiger partial charge is 0.363 e. The van der Waals surface area contributed by atoms with Gasteiger partial charge in [-0.1, -0.05) is 42.5 Å². The number of rotatable bonds is 3. The normalized spacial score (nSPS) is 25.3. The number of Topliss-reactive ketones (excluding diaryl/α,β-unsaturated/α-hetero) is 1. The topological polar surface area (TPSA) is 60.9 Å². The molecule has 0 aliphatic carbocycles. The van der Waals surface area contributed by atoms with Crippen molar-refractivity contribution >= 4 is 11.8 Å². The van der Waals surface area contributed by atoms with Crippen molar-refractivity contribution in [3.8, 4) is 0 Å². The van der Waals surface area contributed by atoms with Gasteiger partial charge in [0.05, 0.1) is 6.04 Å². The molecule has 1 heterocycles. The number of alkyl halides is 3. The van der Waals surface area contributed by atoms with Gasteiger partial charge in [0.1, 0.15) is 11.7 Å². The van der Waals surface area contributed by atoms with E-state index in [-0.39, 0.29) is 16.0 Å². The largest absolute Gasteiger partial charge is 0.437 e. The molecular weight excluding hydrogens is 392 g/mol. The molecule has 2 amide bonds. The van der Waals surface area contributed by atoms with Crippen LogP contribution in [0.4, 0.5) is 22.4 Å². The number of urea groups is 1. The standard InChI is InChI=1S/C20H18F4N2O3/c1-25-16(12-8-10-14(21)11-9-12)15(17(27)13-6-4-3-5-7-13)19(29,20(22,23)24)26(2)18(25)28/h3-11,15-16,29H,1-2H3. The van der Waals surface area contributed by atoms with Crippen LogP contribution in [0.1, 0.15) is 22.0 Å². The first-order chi connectivity index (χ1) is 13.5. The summed E-state index contributed by atoms with van der Waals surface area (Å²) in [6.07, 6.45) is -5.33. The molecule has 29 heavy (non-hydrogen) atoms. The molecule has 1 aliphatic rings.